The van der Waals surface area contributed by atoms with E-state index in [-0.39, 0.29) is 6.04 Å². The first-order chi connectivity index (χ1) is 12.6. The van der Waals surface area contributed by atoms with Crippen molar-refractivity contribution in [1.29, 1.82) is 0 Å². The lowest BCUT2D eigenvalue weighted by Gasteiger charge is -2.41. The van der Waals surface area contributed by atoms with E-state index >= 15 is 0 Å². The summed E-state index contributed by atoms with van der Waals surface area (Å²) in [7, 11) is 0. The number of anilines is 1. The molecule has 1 fully saturated rings. The van der Waals surface area contributed by atoms with E-state index in [2.05, 4.69) is 83.4 Å². The SMILES string of the molecule is CC(C)CCn1nnnc1C(C(C)C)N1CCN(c2ccccc2)CC1. The van der Waals surface area contributed by atoms with Gasteiger partial charge in [-0.25, -0.2) is 4.68 Å². The molecule has 2 heterocycles. The number of hydrogen-bond donors (Lipinski definition) is 0. The Morgan fingerprint density at radius 3 is 2.27 bits per heavy atom. The molecule has 0 N–H and O–H groups in total. The second kappa shape index (κ2) is 8.62. The molecule has 1 aromatic heterocycles. The average Bonchev–Trinajstić information content (AvgIpc) is 3.09. The molecule has 1 unspecified atom stereocenters. The third-order valence-corrected chi connectivity index (χ3v) is 5.20. The van der Waals surface area contributed by atoms with Gasteiger partial charge < -0.3 is 4.90 Å². The highest BCUT2D eigenvalue weighted by Crippen LogP contribution is 2.29. The van der Waals surface area contributed by atoms with Crippen molar-refractivity contribution >= 4 is 5.69 Å². The minimum Gasteiger partial charge on any atom is -0.369 e. The number of benzene rings is 1. The van der Waals surface area contributed by atoms with Crippen LogP contribution in [0.15, 0.2) is 30.3 Å². The first-order valence-corrected chi connectivity index (χ1v) is 9.86. The van der Waals surface area contributed by atoms with Crippen LogP contribution in [-0.2, 0) is 6.54 Å². The van der Waals surface area contributed by atoms with Gasteiger partial charge in [-0.15, -0.1) is 5.10 Å². The lowest BCUT2D eigenvalue weighted by Crippen LogP contribution is -2.49. The Balaban J connectivity index is 1.69. The molecule has 0 bridgehead atoms. The second-order valence-corrected chi connectivity index (χ2v) is 7.99. The van der Waals surface area contributed by atoms with Crippen LogP contribution in [0.2, 0.25) is 0 Å². The van der Waals surface area contributed by atoms with Crippen molar-refractivity contribution in [2.24, 2.45) is 11.8 Å². The quantitative estimate of drug-likeness (QED) is 0.762. The monoisotopic (exact) mass is 356 g/mol. The smallest absolute Gasteiger partial charge is 0.168 e. The fraction of sp³-hybridized carbons (Fsp3) is 0.650. The molecule has 6 heteroatoms. The van der Waals surface area contributed by atoms with E-state index in [1.54, 1.807) is 0 Å². The van der Waals surface area contributed by atoms with Crippen LogP contribution in [0.5, 0.6) is 0 Å². The van der Waals surface area contributed by atoms with Crippen LogP contribution >= 0.6 is 0 Å². The molecule has 1 atom stereocenters. The number of rotatable bonds is 7. The van der Waals surface area contributed by atoms with Crippen LogP contribution in [0.4, 0.5) is 5.69 Å². The molecule has 0 aliphatic carbocycles. The molecular formula is C20H32N6. The summed E-state index contributed by atoms with van der Waals surface area (Å²) in [5.74, 6) is 2.15. The molecule has 1 aliphatic heterocycles. The van der Waals surface area contributed by atoms with Crippen LogP contribution in [0.25, 0.3) is 0 Å². The fourth-order valence-electron chi connectivity index (χ4n) is 3.74. The molecule has 1 aliphatic rings. The van der Waals surface area contributed by atoms with E-state index in [4.69, 9.17) is 0 Å². The van der Waals surface area contributed by atoms with Gasteiger partial charge in [-0.1, -0.05) is 45.9 Å². The Labute approximate surface area is 157 Å². The van der Waals surface area contributed by atoms with Crippen LogP contribution < -0.4 is 4.90 Å². The zero-order chi connectivity index (χ0) is 18.5. The van der Waals surface area contributed by atoms with Gasteiger partial charge >= 0.3 is 0 Å². The van der Waals surface area contributed by atoms with Crippen LogP contribution in [0.3, 0.4) is 0 Å². The van der Waals surface area contributed by atoms with Crippen molar-refractivity contribution in [3.8, 4) is 0 Å². The van der Waals surface area contributed by atoms with Gasteiger partial charge in [0.2, 0.25) is 0 Å². The molecule has 0 saturated carbocycles. The average molecular weight is 357 g/mol. The first kappa shape index (κ1) is 18.8. The summed E-state index contributed by atoms with van der Waals surface area (Å²) in [6.45, 7) is 14.1. The van der Waals surface area contributed by atoms with E-state index in [9.17, 15) is 0 Å². The second-order valence-electron chi connectivity index (χ2n) is 7.99. The third kappa shape index (κ3) is 4.41. The van der Waals surface area contributed by atoms with Crippen molar-refractivity contribution in [2.45, 2.75) is 46.7 Å². The lowest BCUT2D eigenvalue weighted by atomic mass is 10.0. The number of piperazine rings is 1. The number of nitrogens with zero attached hydrogens (tertiary/aromatic N) is 6. The molecule has 0 radical (unpaired) electrons. The summed E-state index contributed by atoms with van der Waals surface area (Å²) >= 11 is 0. The van der Waals surface area contributed by atoms with Crippen molar-refractivity contribution in [3.05, 3.63) is 36.2 Å². The van der Waals surface area contributed by atoms with Crippen molar-refractivity contribution in [1.82, 2.24) is 25.1 Å². The van der Waals surface area contributed by atoms with Gasteiger partial charge in [-0.2, -0.15) is 0 Å². The highest BCUT2D eigenvalue weighted by Gasteiger charge is 2.31. The highest BCUT2D eigenvalue weighted by atomic mass is 15.6. The van der Waals surface area contributed by atoms with E-state index in [1.807, 2.05) is 4.68 Å². The summed E-state index contributed by atoms with van der Waals surface area (Å²) in [6, 6.07) is 11.0. The van der Waals surface area contributed by atoms with Gasteiger partial charge in [0.25, 0.3) is 0 Å². The third-order valence-electron chi connectivity index (χ3n) is 5.20. The minimum absolute atomic E-state index is 0.273. The highest BCUT2D eigenvalue weighted by molar-refractivity contribution is 5.46. The summed E-state index contributed by atoms with van der Waals surface area (Å²) in [6.07, 6.45) is 1.10. The maximum absolute atomic E-state index is 4.41. The number of aryl methyl sites for hydroxylation is 1. The topological polar surface area (TPSA) is 50.1 Å². The van der Waals surface area contributed by atoms with E-state index in [1.165, 1.54) is 5.69 Å². The predicted octanol–water partition coefficient (Wildman–Crippen LogP) is 3.24. The Hall–Kier alpha value is -1.95. The molecule has 26 heavy (non-hydrogen) atoms. The number of para-hydroxylation sites is 1. The van der Waals surface area contributed by atoms with Gasteiger partial charge in [-0.05, 0) is 40.8 Å². The van der Waals surface area contributed by atoms with Gasteiger partial charge in [0.05, 0.1) is 6.04 Å². The fourth-order valence-corrected chi connectivity index (χ4v) is 3.74. The Bertz CT molecular complexity index is 658. The van der Waals surface area contributed by atoms with Crippen molar-refractivity contribution in [3.63, 3.8) is 0 Å². The molecule has 142 valence electrons. The summed E-state index contributed by atoms with van der Waals surface area (Å²) in [5, 5.41) is 12.7. The standard InChI is InChI=1S/C20H32N6/c1-16(2)10-11-26-20(21-22-23-26)19(17(3)4)25-14-12-24(13-15-25)18-8-6-5-7-9-18/h5-9,16-17,19H,10-15H2,1-4H3. The molecule has 3 rings (SSSR count). The molecule has 6 nitrogen and oxygen atoms in total. The van der Waals surface area contributed by atoms with Crippen LogP contribution in [0, 0.1) is 11.8 Å². The Kier molecular flexibility index (Phi) is 6.25. The van der Waals surface area contributed by atoms with Gasteiger partial charge in [-0.3, -0.25) is 4.90 Å². The summed E-state index contributed by atoms with van der Waals surface area (Å²) in [4.78, 5) is 5.03. The zero-order valence-electron chi connectivity index (χ0n) is 16.5. The molecule has 0 spiro atoms. The van der Waals surface area contributed by atoms with Gasteiger partial charge in [0.15, 0.2) is 5.82 Å². The van der Waals surface area contributed by atoms with Gasteiger partial charge in [0.1, 0.15) is 0 Å². The van der Waals surface area contributed by atoms with Crippen LogP contribution in [0.1, 0.15) is 46.0 Å². The number of tetrazole rings is 1. The normalized spacial score (nSPS) is 17.2. The minimum atomic E-state index is 0.273. The maximum atomic E-state index is 4.41. The van der Waals surface area contributed by atoms with E-state index < -0.39 is 0 Å². The number of aromatic nitrogens is 4. The van der Waals surface area contributed by atoms with Gasteiger partial charge in [0, 0.05) is 38.4 Å². The molecular weight excluding hydrogens is 324 g/mol. The predicted molar refractivity (Wildman–Crippen MR) is 105 cm³/mol. The molecule has 1 aromatic carbocycles. The lowest BCUT2D eigenvalue weighted by molar-refractivity contribution is 0.134. The van der Waals surface area contributed by atoms with Crippen LogP contribution in [-0.4, -0.2) is 51.3 Å². The Morgan fingerprint density at radius 2 is 1.65 bits per heavy atom. The van der Waals surface area contributed by atoms with Crippen molar-refractivity contribution in [2.75, 3.05) is 31.1 Å². The first-order valence-electron chi connectivity index (χ1n) is 9.86. The van der Waals surface area contributed by atoms with E-state index in [0.717, 1.165) is 45.0 Å². The molecule has 0 amide bonds. The Morgan fingerprint density at radius 1 is 0.962 bits per heavy atom. The molecule has 1 saturated heterocycles. The number of hydrogen-bond acceptors (Lipinski definition) is 5. The summed E-state index contributed by atoms with van der Waals surface area (Å²) < 4.78 is 2.02. The maximum Gasteiger partial charge on any atom is 0.168 e. The van der Waals surface area contributed by atoms with E-state index in [0.29, 0.717) is 11.8 Å². The largest absolute Gasteiger partial charge is 0.369 e. The zero-order valence-corrected chi connectivity index (χ0v) is 16.5. The summed E-state index contributed by atoms with van der Waals surface area (Å²) in [5.41, 5.74) is 1.31. The molecule has 2 aromatic rings. The van der Waals surface area contributed by atoms with Crippen molar-refractivity contribution < 1.29 is 0 Å².